The smallest absolute Gasteiger partial charge is 0.0784 e. The molecule has 0 fully saturated rings. The van der Waals surface area contributed by atoms with Gasteiger partial charge in [0.05, 0.1) is 16.1 Å². The van der Waals surface area contributed by atoms with Crippen LogP contribution >= 0.6 is 11.6 Å². The first-order valence-corrected chi connectivity index (χ1v) is 15.6. The molecular formula is C20H27ClSi2. The van der Waals surface area contributed by atoms with Crippen molar-refractivity contribution >= 4 is 38.5 Å². The molecule has 122 valence electrons. The van der Waals surface area contributed by atoms with Crippen molar-refractivity contribution in [1.82, 2.24) is 0 Å². The van der Waals surface area contributed by atoms with Gasteiger partial charge in [-0.1, -0.05) is 98.2 Å². The first-order chi connectivity index (χ1) is 10.6. The van der Waals surface area contributed by atoms with Gasteiger partial charge in [0.25, 0.3) is 0 Å². The Labute approximate surface area is 148 Å². The van der Waals surface area contributed by atoms with E-state index in [0.717, 1.165) is 5.02 Å². The van der Waals surface area contributed by atoms with Gasteiger partial charge < -0.3 is 0 Å². The zero-order chi connectivity index (χ0) is 17.3. The van der Waals surface area contributed by atoms with Crippen molar-refractivity contribution < 1.29 is 0 Å². The number of benzene rings is 2. The number of halogens is 1. The Morgan fingerprint density at radius 1 is 0.870 bits per heavy atom. The fourth-order valence-electron chi connectivity index (χ4n) is 2.78. The molecule has 0 heterocycles. The van der Waals surface area contributed by atoms with E-state index in [-0.39, 0.29) is 0 Å². The van der Waals surface area contributed by atoms with Crippen LogP contribution < -0.4 is 5.19 Å². The molecule has 0 aliphatic carbocycles. The lowest BCUT2D eigenvalue weighted by molar-refractivity contribution is 1.55. The monoisotopic (exact) mass is 358 g/mol. The van der Waals surface area contributed by atoms with Crippen molar-refractivity contribution in [1.29, 1.82) is 0 Å². The van der Waals surface area contributed by atoms with Gasteiger partial charge in [-0.05, 0) is 28.8 Å². The van der Waals surface area contributed by atoms with Crippen LogP contribution in [0.1, 0.15) is 11.1 Å². The molecule has 0 spiro atoms. The molecule has 0 N–H and O–H groups in total. The summed E-state index contributed by atoms with van der Waals surface area (Å²) in [5, 5.41) is 2.32. The summed E-state index contributed by atoms with van der Waals surface area (Å²) in [6, 6.07) is 17.2. The van der Waals surface area contributed by atoms with Crippen molar-refractivity contribution in [2.45, 2.75) is 39.3 Å². The maximum absolute atomic E-state index is 6.27. The zero-order valence-electron chi connectivity index (χ0n) is 15.1. The van der Waals surface area contributed by atoms with Crippen LogP contribution in [0.5, 0.6) is 0 Å². The van der Waals surface area contributed by atoms with Crippen LogP contribution in [0.2, 0.25) is 44.3 Å². The van der Waals surface area contributed by atoms with Crippen molar-refractivity contribution in [2.24, 2.45) is 0 Å². The molecule has 0 aromatic heterocycles. The van der Waals surface area contributed by atoms with E-state index in [9.17, 15) is 0 Å². The molecule has 2 rings (SSSR count). The van der Waals surface area contributed by atoms with Gasteiger partial charge in [0, 0.05) is 5.02 Å². The SMILES string of the molecule is C[Si](C)(C)/C=C(/c1cccc(Cl)c1)c1ccccc1[Si](C)(C)C. The number of hydrogen-bond donors (Lipinski definition) is 0. The van der Waals surface area contributed by atoms with Crippen LogP contribution in [0.3, 0.4) is 0 Å². The summed E-state index contributed by atoms with van der Waals surface area (Å²) in [7, 11) is -2.80. The lowest BCUT2D eigenvalue weighted by Crippen LogP contribution is -2.40. The lowest BCUT2D eigenvalue weighted by Gasteiger charge is -2.24. The minimum atomic E-state index is -1.42. The highest BCUT2D eigenvalue weighted by Crippen LogP contribution is 2.28. The highest BCUT2D eigenvalue weighted by Gasteiger charge is 2.23. The molecule has 0 unspecified atom stereocenters. The van der Waals surface area contributed by atoms with E-state index in [1.54, 1.807) is 0 Å². The molecule has 0 bridgehead atoms. The van der Waals surface area contributed by atoms with E-state index in [4.69, 9.17) is 11.6 Å². The second-order valence-corrected chi connectivity index (χ2v) is 18.7. The predicted octanol–water partition coefficient (Wildman–Crippen LogP) is 6.19. The maximum atomic E-state index is 6.27. The summed E-state index contributed by atoms with van der Waals surface area (Å²) < 4.78 is 0. The third kappa shape index (κ3) is 4.94. The molecule has 3 heteroatoms. The summed E-state index contributed by atoms with van der Waals surface area (Å²) >= 11 is 6.27. The van der Waals surface area contributed by atoms with E-state index >= 15 is 0 Å². The molecular weight excluding hydrogens is 332 g/mol. The highest BCUT2D eigenvalue weighted by atomic mass is 35.5. The fourth-order valence-corrected chi connectivity index (χ4v) is 5.78. The molecule has 0 radical (unpaired) electrons. The Morgan fingerprint density at radius 2 is 1.52 bits per heavy atom. The van der Waals surface area contributed by atoms with Gasteiger partial charge in [0.2, 0.25) is 0 Å². The summed E-state index contributed by atoms with van der Waals surface area (Å²) in [4.78, 5) is 0. The standard InChI is InChI=1S/C20H27ClSi2/c1-22(2,3)15-19(16-10-9-11-17(21)14-16)18-12-7-8-13-20(18)23(4,5)6/h7-15H,1-6H3/b19-15-. The Hall–Kier alpha value is -1.10. The molecule has 0 atom stereocenters. The zero-order valence-corrected chi connectivity index (χ0v) is 17.8. The summed E-state index contributed by atoms with van der Waals surface area (Å²) in [5.74, 6) is 0. The van der Waals surface area contributed by atoms with E-state index in [2.05, 4.69) is 81.4 Å². The molecule has 0 nitrogen and oxygen atoms in total. The van der Waals surface area contributed by atoms with Gasteiger partial charge >= 0.3 is 0 Å². The lowest BCUT2D eigenvalue weighted by atomic mass is 9.99. The second kappa shape index (κ2) is 6.80. The first kappa shape index (κ1) is 18.2. The Morgan fingerprint density at radius 3 is 2.09 bits per heavy atom. The third-order valence-corrected chi connectivity index (χ3v) is 7.18. The first-order valence-electron chi connectivity index (χ1n) is 8.17. The van der Waals surface area contributed by atoms with Gasteiger partial charge in [-0.15, -0.1) is 0 Å². The Bertz CT molecular complexity index is 719. The number of hydrogen-bond acceptors (Lipinski definition) is 0. The highest BCUT2D eigenvalue weighted by molar-refractivity contribution is 6.89. The topological polar surface area (TPSA) is 0 Å². The van der Waals surface area contributed by atoms with E-state index in [1.807, 2.05) is 12.1 Å². The Kier molecular flexibility index (Phi) is 5.39. The van der Waals surface area contributed by atoms with Crippen LogP contribution in [0.25, 0.3) is 5.57 Å². The van der Waals surface area contributed by atoms with Crippen molar-refractivity contribution in [3.8, 4) is 0 Å². The van der Waals surface area contributed by atoms with Crippen molar-refractivity contribution in [3.05, 3.63) is 70.4 Å². The van der Waals surface area contributed by atoms with Gasteiger partial charge in [0.1, 0.15) is 0 Å². The minimum Gasteiger partial charge on any atom is -0.0867 e. The quantitative estimate of drug-likeness (QED) is 0.571. The maximum Gasteiger partial charge on any atom is 0.0784 e. The van der Waals surface area contributed by atoms with Gasteiger partial charge in [0.15, 0.2) is 0 Å². The van der Waals surface area contributed by atoms with Crippen LogP contribution in [-0.4, -0.2) is 16.1 Å². The molecule has 0 amide bonds. The summed E-state index contributed by atoms with van der Waals surface area (Å²) in [5.41, 5.74) is 6.48. The largest absolute Gasteiger partial charge is 0.0867 e. The molecule has 23 heavy (non-hydrogen) atoms. The molecule has 0 saturated heterocycles. The number of rotatable bonds is 4. The normalized spacial score (nSPS) is 13.3. The molecule has 2 aromatic carbocycles. The van der Waals surface area contributed by atoms with E-state index in [0.29, 0.717) is 0 Å². The van der Waals surface area contributed by atoms with Crippen LogP contribution in [0.4, 0.5) is 0 Å². The fraction of sp³-hybridized carbons (Fsp3) is 0.300. The third-order valence-electron chi connectivity index (χ3n) is 3.74. The van der Waals surface area contributed by atoms with E-state index < -0.39 is 16.1 Å². The summed E-state index contributed by atoms with van der Waals surface area (Å²) in [6.07, 6.45) is 0. The molecule has 0 aliphatic rings. The minimum absolute atomic E-state index is 0.800. The van der Waals surface area contributed by atoms with Crippen molar-refractivity contribution in [2.75, 3.05) is 0 Å². The van der Waals surface area contributed by atoms with Gasteiger partial charge in [-0.3, -0.25) is 0 Å². The average Bonchev–Trinajstić information content (AvgIpc) is 2.43. The predicted molar refractivity (Wildman–Crippen MR) is 111 cm³/mol. The van der Waals surface area contributed by atoms with Gasteiger partial charge in [-0.2, -0.15) is 0 Å². The van der Waals surface area contributed by atoms with Gasteiger partial charge in [-0.25, -0.2) is 0 Å². The Balaban J connectivity index is 2.73. The molecule has 0 aliphatic heterocycles. The van der Waals surface area contributed by atoms with E-state index in [1.165, 1.54) is 21.9 Å². The van der Waals surface area contributed by atoms with Crippen LogP contribution in [0.15, 0.2) is 54.2 Å². The second-order valence-electron chi connectivity index (χ2n) is 8.23. The van der Waals surface area contributed by atoms with Crippen LogP contribution in [0, 0.1) is 0 Å². The molecule has 2 aromatic rings. The van der Waals surface area contributed by atoms with Crippen LogP contribution in [-0.2, 0) is 0 Å². The summed E-state index contributed by atoms with van der Waals surface area (Å²) in [6.45, 7) is 14.4. The average molecular weight is 359 g/mol. The van der Waals surface area contributed by atoms with Crippen molar-refractivity contribution in [3.63, 3.8) is 0 Å². The molecule has 0 saturated carbocycles.